The molecule has 2 aromatic carbocycles. The second kappa shape index (κ2) is 8.72. The maximum Gasteiger partial charge on any atom is 0.257 e. The molecule has 3 rings (SSSR count). The first-order chi connectivity index (χ1) is 12.7. The summed E-state index contributed by atoms with van der Waals surface area (Å²) < 4.78 is 10.9. The van der Waals surface area contributed by atoms with E-state index in [1.807, 2.05) is 53.4 Å². The Morgan fingerprint density at radius 3 is 2.58 bits per heavy atom. The standard InChI is InChI=1S/C21H26N2O3/c1-3-4-14-26-17-11-9-16(10-12-17)20-22-19-8-6-5-7-18(19)21(24)23(20)13-15-25-2/h5-12,20,22H,3-4,13-15H2,1-2H3. The van der Waals surface area contributed by atoms with Crippen molar-refractivity contribution in [3.63, 3.8) is 0 Å². The zero-order valence-electron chi connectivity index (χ0n) is 15.4. The van der Waals surface area contributed by atoms with Gasteiger partial charge in [0.15, 0.2) is 0 Å². The average molecular weight is 354 g/mol. The molecule has 0 fully saturated rings. The lowest BCUT2D eigenvalue weighted by molar-refractivity contribution is 0.0609. The lowest BCUT2D eigenvalue weighted by Crippen LogP contribution is -2.44. The topological polar surface area (TPSA) is 50.8 Å². The molecular formula is C21H26N2O3. The summed E-state index contributed by atoms with van der Waals surface area (Å²) in [6, 6.07) is 15.6. The molecule has 2 aromatic rings. The smallest absolute Gasteiger partial charge is 0.257 e. The zero-order chi connectivity index (χ0) is 18.4. The quantitative estimate of drug-likeness (QED) is 0.726. The number of nitrogens with zero attached hydrogens (tertiary/aromatic N) is 1. The number of unbranched alkanes of at least 4 members (excludes halogenated alkanes) is 1. The highest BCUT2D eigenvalue weighted by Gasteiger charge is 2.32. The number of anilines is 1. The second-order valence-corrected chi connectivity index (χ2v) is 6.35. The van der Waals surface area contributed by atoms with Crippen LogP contribution >= 0.6 is 0 Å². The van der Waals surface area contributed by atoms with Gasteiger partial charge in [0.2, 0.25) is 0 Å². The summed E-state index contributed by atoms with van der Waals surface area (Å²) >= 11 is 0. The van der Waals surface area contributed by atoms with Crippen LogP contribution in [0, 0.1) is 0 Å². The van der Waals surface area contributed by atoms with Gasteiger partial charge in [-0.15, -0.1) is 0 Å². The van der Waals surface area contributed by atoms with Crippen LogP contribution in [-0.2, 0) is 4.74 Å². The van der Waals surface area contributed by atoms with E-state index in [0.717, 1.165) is 36.4 Å². The van der Waals surface area contributed by atoms with Crippen molar-refractivity contribution in [1.82, 2.24) is 4.90 Å². The average Bonchev–Trinajstić information content (AvgIpc) is 2.68. The maximum atomic E-state index is 13.0. The van der Waals surface area contributed by atoms with E-state index >= 15 is 0 Å². The molecule has 5 heteroatoms. The fourth-order valence-corrected chi connectivity index (χ4v) is 3.06. The van der Waals surface area contributed by atoms with E-state index in [0.29, 0.717) is 18.7 Å². The van der Waals surface area contributed by atoms with Gasteiger partial charge in [-0.2, -0.15) is 0 Å². The molecule has 1 heterocycles. The van der Waals surface area contributed by atoms with Crippen LogP contribution in [0.3, 0.4) is 0 Å². The predicted octanol–water partition coefficient (Wildman–Crippen LogP) is 4.08. The first-order valence-corrected chi connectivity index (χ1v) is 9.13. The number of amides is 1. The Morgan fingerprint density at radius 2 is 1.85 bits per heavy atom. The Kier molecular flexibility index (Phi) is 6.12. The number of nitrogens with one attached hydrogen (secondary N) is 1. The van der Waals surface area contributed by atoms with E-state index in [4.69, 9.17) is 9.47 Å². The molecule has 26 heavy (non-hydrogen) atoms. The summed E-state index contributed by atoms with van der Waals surface area (Å²) in [5.41, 5.74) is 2.57. The lowest BCUT2D eigenvalue weighted by Gasteiger charge is -2.38. The van der Waals surface area contributed by atoms with Gasteiger partial charge in [0.1, 0.15) is 11.9 Å². The predicted molar refractivity (Wildman–Crippen MR) is 103 cm³/mol. The molecule has 0 bridgehead atoms. The first kappa shape index (κ1) is 18.3. The van der Waals surface area contributed by atoms with Crippen molar-refractivity contribution in [2.24, 2.45) is 0 Å². The highest BCUT2D eigenvalue weighted by Crippen LogP contribution is 2.33. The number of hydrogen-bond acceptors (Lipinski definition) is 4. The zero-order valence-corrected chi connectivity index (χ0v) is 15.4. The van der Waals surface area contributed by atoms with E-state index in [1.165, 1.54) is 0 Å². The van der Waals surface area contributed by atoms with E-state index in [1.54, 1.807) is 7.11 Å². The van der Waals surface area contributed by atoms with Crippen molar-refractivity contribution in [3.05, 3.63) is 59.7 Å². The molecule has 1 amide bonds. The van der Waals surface area contributed by atoms with Crippen LogP contribution in [0.2, 0.25) is 0 Å². The molecule has 0 radical (unpaired) electrons. The largest absolute Gasteiger partial charge is 0.494 e. The fourth-order valence-electron chi connectivity index (χ4n) is 3.06. The fraction of sp³-hybridized carbons (Fsp3) is 0.381. The third-order valence-electron chi connectivity index (χ3n) is 4.52. The maximum absolute atomic E-state index is 13.0. The molecule has 0 spiro atoms. The monoisotopic (exact) mass is 354 g/mol. The molecule has 1 aliphatic heterocycles. The van der Waals surface area contributed by atoms with Crippen LogP contribution in [-0.4, -0.2) is 37.7 Å². The molecular weight excluding hydrogens is 328 g/mol. The van der Waals surface area contributed by atoms with Crippen molar-refractivity contribution >= 4 is 11.6 Å². The van der Waals surface area contributed by atoms with Crippen molar-refractivity contribution in [1.29, 1.82) is 0 Å². The van der Waals surface area contributed by atoms with Gasteiger partial charge in [0, 0.05) is 19.3 Å². The number of rotatable bonds is 8. The van der Waals surface area contributed by atoms with Crippen molar-refractivity contribution in [3.8, 4) is 5.75 Å². The van der Waals surface area contributed by atoms with Crippen molar-refractivity contribution < 1.29 is 14.3 Å². The number of ether oxygens (including phenoxy) is 2. The third-order valence-corrected chi connectivity index (χ3v) is 4.52. The summed E-state index contributed by atoms with van der Waals surface area (Å²) in [7, 11) is 1.65. The van der Waals surface area contributed by atoms with Gasteiger partial charge in [-0.3, -0.25) is 4.79 Å². The van der Waals surface area contributed by atoms with Gasteiger partial charge >= 0.3 is 0 Å². The summed E-state index contributed by atoms with van der Waals surface area (Å²) in [5, 5.41) is 3.48. The summed E-state index contributed by atoms with van der Waals surface area (Å²) in [6.07, 6.45) is 1.93. The Hall–Kier alpha value is -2.53. The van der Waals surface area contributed by atoms with Gasteiger partial charge in [-0.25, -0.2) is 0 Å². The number of hydrogen-bond donors (Lipinski definition) is 1. The van der Waals surface area contributed by atoms with E-state index in [2.05, 4.69) is 12.2 Å². The summed E-state index contributed by atoms with van der Waals surface area (Å²) in [4.78, 5) is 14.8. The van der Waals surface area contributed by atoms with Crippen LogP contribution in [0.1, 0.15) is 41.9 Å². The van der Waals surface area contributed by atoms with Crippen LogP contribution in [0.15, 0.2) is 48.5 Å². The van der Waals surface area contributed by atoms with Crippen LogP contribution in [0.25, 0.3) is 0 Å². The number of para-hydroxylation sites is 1. The van der Waals surface area contributed by atoms with E-state index in [9.17, 15) is 4.79 Å². The van der Waals surface area contributed by atoms with Gasteiger partial charge in [-0.1, -0.05) is 37.6 Å². The molecule has 0 saturated heterocycles. The highest BCUT2D eigenvalue weighted by molar-refractivity contribution is 6.01. The lowest BCUT2D eigenvalue weighted by atomic mass is 10.0. The van der Waals surface area contributed by atoms with Crippen molar-refractivity contribution in [2.75, 3.05) is 32.2 Å². The molecule has 0 aliphatic carbocycles. The first-order valence-electron chi connectivity index (χ1n) is 9.13. The Bertz CT molecular complexity index is 730. The number of methoxy groups -OCH3 is 1. The number of carbonyl (C=O) groups is 1. The van der Waals surface area contributed by atoms with E-state index in [-0.39, 0.29) is 12.1 Å². The molecule has 1 atom stereocenters. The molecule has 138 valence electrons. The summed E-state index contributed by atoms with van der Waals surface area (Å²) in [5.74, 6) is 0.873. The Morgan fingerprint density at radius 1 is 1.08 bits per heavy atom. The molecule has 0 saturated carbocycles. The van der Waals surface area contributed by atoms with Crippen molar-refractivity contribution in [2.45, 2.75) is 25.9 Å². The normalized spacial score (nSPS) is 16.2. The summed E-state index contributed by atoms with van der Waals surface area (Å²) in [6.45, 7) is 3.88. The molecule has 5 nitrogen and oxygen atoms in total. The van der Waals surface area contributed by atoms with Gasteiger partial charge < -0.3 is 19.7 Å². The number of fused-ring (bicyclic) bond motifs is 1. The molecule has 1 aliphatic rings. The van der Waals surface area contributed by atoms with Crippen LogP contribution in [0.5, 0.6) is 5.75 Å². The molecule has 1 N–H and O–H groups in total. The van der Waals surface area contributed by atoms with Crippen LogP contribution < -0.4 is 10.1 Å². The highest BCUT2D eigenvalue weighted by atomic mass is 16.5. The minimum absolute atomic E-state index is 0.0182. The number of benzene rings is 2. The minimum atomic E-state index is -0.225. The molecule has 0 aromatic heterocycles. The SMILES string of the molecule is CCCCOc1ccc(C2Nc3ccccc3C(=O)N2CCOC)cc1. The van der Waals surface area contributed by atoms with Crippen LogP contribution in [0.4, 0.5) is 5.69 Å². The Balaban J connectivity index is 1.82. The van der Waals surface area contributed by atoms with Gasteiger partial charge in [-0.05, 0) is 36.2 Å². The van der Waals surface area contributed by atoms with Gasteiger partial charge in [0.25, 0.3) is 5.91 Å². The third kappa shape index (κ3) is 3.99. The van der Waals surface area contributed by atoms with E-state index < -0.39 is 0 Å². The Labute approximate surface area is 154 Å². The number of carbonyl (C=O) groups excluding carboxylic acids is 1. The second-order valence-electron chi connectivity index (χ2n) is 6.35. The molecule has 1 unspecified atom stereocenters. The minimum Gasteiger partial charge on any atom is -0.494 e. The van der Waals surface area contributed by atoms with Gasteiger partial charge in [0.05, 0.1) is 18.8 Å².